The summed E-state index contributed by atoms with van der Waals surface area (Å²) in [6.45, 7) is 0.796. The second-order valence-corrected chi connectivity index (χ2v) is 5.87. The van der Waals surface area contributed by atoms with Crippen LogP contribution in [0.5, 0.6) is 0 Å². The smallest absolute Gasteiger partial charge is 0.102 e. The molecule has 0 saturated heterocycles. The van der Waals surface area contributed by atoms with Crippen LogP contribution < -0.4 is 5.73 Å². The van der Waals surface area contributed by atoms with Crippen LogP contribution >= 0.6 is 0 Å². The Bertz CT molecular complexity index is 536. The molecule has 0 aromatic heterocycles. The van der Waals surface area contributed by atoms with Gasteiger partial charge in [-0.3, -0.25) is 0 Å². The fourth-order valence-corrected chi connectivity index (χ4v) is 2.67. The molecule has 0 heterocycles. The SMILES string of the molecule is NC(c1ccccc1)C(OCCC1CC1)c1ccccc1. The molecule has 2 unspecified atom stereocenters. The molecule has 2 heteroatoms. The predicted molar refractivity (Wildman–Crippen MR) is 85.8 cm³/mol. The first-order valence-corrected chi connectivity index (χ1v) is 7.81. The summed E-state index contributed by atoms with van der Waals surface area (Å²) in [6.07, 6.45) is 3.81. The van der Waals surface area contributed by atoms with Crippen LogP contribution in [0.2, 0.25) is 0 Å². The van der Waals surface area contributed by atoms with Gasteiger partial charge in [0.2, 0.25) is 0 Å². The maximum absolute atomic E-state index is 6.48. The van der Waals surface area contributed by atoms with Gasteiger partial charge >= 0.3 is 0 Å². The number of rotatable bonds is 7. The van der Waals surface area contributed by atoms with E-state index in [-0.39, 0.29) is 12.1 Å². The minimum atomic E-state index is -0.132. The zero-order valence-corrected chi connectivity index (χ0v) is 12.3. The van der Waals surface area contributed by atoms with E-state index in [2.05, 4.69) is 24.3 Å². The Kier molecular flexibility index (Phi) is 4.69. The summed E-state index contributed by atoms with van der Waals surface area (Å²) in [5, 5.41) is 0. The lowest BCUT2D eigenvalue weighted by atomic mass is 9.96. The molecule has 2 N–H and O–H groups in total. The molecule has 0 radical (unpaired) electrons. The number of benzene rings is 2. The molecule has 21 heavy (non-hydrogen) atoms. The molecule has 0 bridgehead atoms. The van der Waals surface area contributed by atoms with Crippen LogP contribution in [0, 0.1) is 5.92 Å². The summed E-state index contributed by atoms with van der Waals surface area (Å²) in [5.41, 5.74) is 8.76. The van der Waals surface area contributed by atoms with Crippen LogP contribution in [0.1, 0.15) is 42.5 Å². The zero-order valence-electron chi connectivity index (χ0n) is 12.3. The molecule has 2 aromatic carbocycles. The second-order valence-electron chi connectivity index (χ2n) is 5.87. The quantitative estimate of drug-likeness (QED) is 0.823. The maximum atomic E-state index is 6.48. The van der Waals surface area contributed by atoms with Crippen molar-refractivity contribution in [3.05, 3.63) is 71.8 Å². The number of hydrogen-bond donors (Lipinski definition) is 1. The van der Waals surface area contributed by atoms with Crippen LogP contribution in [-0.4, -0.2) is 6.61 Å². The molecule has 110 valence electrons. The van der Waals surface area contributed by atoms with E-state index in [4.69, 9.17) is 10.5 Å². The van der Waals surface area contributed by atoms with E-state index >= 15 is 0 Å². The molecule has 0 amide bonds. The Hall–Kier alpha value is -1.64. The van der Waals surface area contributed by atoms with Gasteiger partial charge in [0.05, 0.1) is 6.04 Å². The van der Waals surface area contributed by atoms with Crippen molar-refractivity contribution in [2.45, 2.75) is 31.4 Å². The van der Waals surface area contributed by atoms with E-state index < -0.39 is 0 Å². The van der Waals surface area contributed by atoms with Crippen LogP contribution in [0.3, 0.4) is 0 Å². The lowest BCUT2D eigenvalue weighted by molar-refractivity contribution is 0.0304. The summed E-state index contributed by atoms with van der Waals surface area (Å²) in [7, 11) is 0. The average Bonchev–Trinajstić information content (AvgIpc) is 3.37. The molecule has 1 fully saturated rings. The number of hydrogen-bond acceptors (Lipinski definition) is 2. The topological polar surface area (TPSA) is 35.2 Å². The standard InChI is InChI=1S/C19H23NO/c20-18(16-7-3-1-4-8-16)19(17-9-5-2-6-10-17)21-14-13-15-11-12-15/h1-10,15,18-19H,11-14,20H2. The van der Waals surface area contributed by atoms with Gasteiger partial charge in [0.1, 0.15) is 6.10 Å². The van der Waals surface area contributed by atoms with Crippen molar-refractivity contribution < 1.29 is 4.74 Å². The first kappa shape index (κ1) is 14.3. The van der Waals surface area contributed by atoms with Gasteiger partial charge in [-0.15, -0.1) is 0 Å². The van der Waals surface area contributed by atoms with Crippen LogP contribution in [0.25, 0.3) is 0 Å². The number of nitrogens with two attached hydrogens (primary N) is 1. The summed E-state index contributed by atoms with van der Waals surface area (Å²) in [5.74, 6) is 0.884. The van der Waals surface area contributed by atoms with Gasteiger partial charge in [0, 0.05) is 6.61 Å². The molecular formula is C19H23NO. The summed E-state index contributed by atoms with van der Waals surface area (Å²) in [6, 6.07) is 20.4. The van der Waals surface area contributed by atoms with Crippen LogP contribution in [0.4, 0.5) is 0 Å². The van der Waals surface area contributed by atoms with E-state index in [9.17, 15) is 0 Å². The Balaban J connectivity index is 1.74. The molecule has 2 nitrogen and oxygen atoms in total. The monoisotopic (exact) mass is 281 g/mol. The van der Waals surface area contributed by atoms with Gasteiger partial charge in [-0.1, -0.05) is 73.5 Å². The highest BCUT2D eigenvalue weighted by molar-refractivity contribution is 5.26. The van der Waals surface area contributed by atoms with Crippen LogP contribution in [-0.2, 0) is 4.74 Å². The third kappa shape index (κ3) is 3.93. The summed E-state index contributed by atoms with van der Waals surface area (Å²) < 4.78 is 6.17. The fraction of sp³-hybridized carbons (Fsp3) is 0.368. The van der Waals surface area contributed by atoms with Gasteiger partial charge < -0.3 is 10.5 Å². The van der Waals surface area contributed by atoms with Crippen molar-refractivity contribution in [1.29, 1.82) is 0 Å². The van der Waals surface area contributed by atoms with Gasteiger partial charge in [-0.2, -0.15) is 0 Å². The molecule has 0 spiro atoms. The largest absolute Gasteiger partial charge is 0.372 e. The minimum absolute atomic E-state index is 0.0765. The lowest BCUT2D eigenvalue weighted by Crippen LogP contribution is -2.22. The lowest BCUT2D eigenvalue weighted by Gasteiger charge is -2.25. The van der Waals surface area contributed by atoms with Gasteiger partial charge in [0.25, 0.3) is 0 Å². The normalized spacial score (nSPS) is 17.4. The van der Waals surface area contributed by atoms with Gasteiger partial charge in [-0.05, 0) is 23.5 Å². The van der Waals surface area contributed by atoms with E-state index in [0.29, 0.717) is 0 Å². The third-order valence-corrected chi connectivity index (χ3v) is 4.16. The molecular weight excluding hydrogens is 258 g/mol. The minimum Gasteiger partial charge on any atom is -0.372 e. The highest BCUT2D eigenvalue weighted by Crippen LogP contribution is 2.34. The van der Waals surface area contributed by atoms with Gasteiger partial charge in [-0.25, -0.2) is 0 Å². The summed E-state index contributed by atoms with van der Waals surface area (Å²) >= 11 is 0. The Morgan fingerprint density at radius 3 is 2.05 bits per heavy atom. The second kappa shape index (κ2) is 6.88. The highest BCUT2D eigenvalue weighted by Gasteiger charge is 2.25. The molecule has 0 aliphatic heterocycles. The molecule has 2 aromatic rings. The zero-order chi connectivity index (χ0) is 14.5. The van der Waals surface area contributed by atoms with Crippen LogP contribution in [0.15, 0.2) is 60.7 Å². The molecule has 2 atom stereocenters. The average molecular weight is 281 g/mol. The molecule has 3 rings (SSSR count). The first-order chi connectivity index (χ1) is 10.3. The van der Waals surface area contributed by atoms with Crippen molar-refractivity contribution in [2.75, 3.05) is 6.61 Å². The van der Waals surface area contributed by atoms with Gasteiger partial charge in [0.15, 0.2) is 0 Å². The van der Waals surface area contributed by atoms with Crippen molar-refractivity contribution in [3.63, 3.8) is 0 Å². The Morgan fingerprint density at radius 2 is 1.48 bits per heavy atom. The van der Waals surface area contributed by atoms with Crippen molar-refractivity contribution in [1.82, 2.24) is 0 Å². The fourth-order valence-electron chi connectivity index (χ4n) is 2.67. The van der Waals surface area contributed by atoms with Crippen molar-refractivity contribution in [3.8, 4) is 0 Å². The number of ether oxygens (including phenoxy) is 1. The Morgan fingerprint density at radius 1 is 0.905 bits per heavy atom. The van der Waals surface area contributed by atoms with Crippen molar-refractivity contribution in [2.24, 2.45) is 11.7 Å². The first-order valence-electron chi connectivity index (χ1n) is 7.81. The van der Waals surface area contributed by atoms with E-state index in [1.54, 1.807) is 0 Å². The summed E-state index contributed by atoms with van der Waals surface area (Å²) in [4.78, 5) is 0. The highest BCUT2D eigenvalue weighted by atomic mass is 16.5. The molecule has 1 aliphatic rings. The molecule has 1 saturated carbocycles. The van der Waals surface area contributed by atoms with E-state index in [1.807, 2.05) is 36.4 Å². The Labute approximate surface area is 126 Å². The van der Waals surface area contributed by atoms with E-state index in [1.165, 1.54) is 12.8 Å². The third-order valence-electron chi connectivity index (χ3n) is 4.16. The molecule has 1 aliphatic carbocycles. The van der Waals surface area contributed by atoms with E-state index in [0.717, 1.165) is 30.1 Å². The maximum Gasteiger partial charge on any atom is 0.102 e. The predicted octanol–water partition coefficient (Wildman–Crippen LogP) is 4.24. The van der Waals surface area contributed by atoms with Crippen molar-refractivity contribution >= 4 is 0 Å².